The third kappa shape index (κ3) is 4.70. The molecule has 1 aliphatic heterocycles. The zero-order valence-electron chi connectivity index (χ0n) is 13.2. The van der Waals surface area contributed by atoms with E-state index in [0.29, 0.717) is 35.2 Å². The first-order chi connectivity index (χ1) is 10.1. The fourth-order valence-corrected chi connectivity index (χ4v) is 2.47. The van der Waals surface area contributed by atoms with Crippen LogP contribution in [0.3, 0.4) is 0 Å². The van der Waals surface area contributed by atoms with Crippen LogP contribution < -0.4 is 20.5 Å². The molecule has 22 heavy (non-hydrogen) atoms. The summed E-state index contributed by atoms with van der Waals surface area (Å²) in [5, 5.41) is 2.88. The molecular weight excluding hydrogens is 304 g/mol. The Bertz CT molecular complexity index is 508. The number of nitrogens with two attached hydrogens (primary N) is 1. The monoisotopic (exact) mass is 328 g/mol. The van der Waals surface area contributed by atoms with Crippen molar-refractivity contribution in [3.05, 3.63) is 12.1 Å². The summed E-state index contributed by atoms with van der Waals surface area (Å²) < 4.78 is 10.6. The van der Waals surface area contributed by atoms with Crippen molar-refractivity contribution in [2.75, 3.05) is 17.8 Å². The molecular formula is C16H25ClN2O3. The van der Waals surface area contributed by atoms with Crippen LogP contribution in [0.1, 0.15) is 46.0 Å². The van der Waals surface area contributed by atoms with E-state index in [0.717, 1.165) is 25.7 Å². The maximum Gasteiger partial charge on any atom is 0.231 e. The van der Waals surface area contributed by atoms with E-state index in [1.54, 1.807) is 12.1 Å². The zero-order chi connectivity index (χ0) is 15.2. The molecule has 5 nitrogen and oxygen atoms in total. The lowest BCUT2D eigenvalue weighted by molar-refractivity contribution is -0.117. The molecule has 0 radical (unpaired) electrons. The number of nitrogens with one attached hydrogen (secondary N) is 1. The number of rotatable bonds is 7. The van der Waals surface area contributed by atoms with Gasteiger partial charge in [-0.1, -0.05) is 33.1 Å². The van der Waals surface area contributed by atoms with Crippen LogP contribution in [0.5, 0.6) is 11.5 Å². The van der Waals surface area contributed by atoms with Crippen molar-refractivity contribution in [1.82, 2.24) is 0 Å². The van der Waals surface area contributed by atoms with Gasteiger partial charge in [-0.15, -0.1) is 12.4 Å². The van der Waals surface area contributed by atoms with Crippen LogP contribution in [-0.2, 0) is 4.79 Å². The summed E-state index contributed by atoms with van der Waals surface area (Å²) >= 11 is 0. The van der Waals surface area contributed by atoms with Crippen LogP contribution in [0.15, 0.2) is 12.1 Å². The average Bonchev–Trinajstić information content (AvgIpc) is 2.90. The van der Waals surface area contributed by atoms with E-state index in [1.165, 1.54) is 0 Å². The zero-order valence-corrected chi connectivity index (χ0v) is 14.0. The van der Waals surface area contributed by atoms with Gasteiger partial charge in [-0.05, 0) is 12.3 Å². The standard InChI is InChI=1S/C16H24N2O3.ClH/c1-3-5-6-11(4-2)7-16(19)18-13-9-15-14(8-12(13)17)20-10-21-15;/h8-9,11H,3-7,10,17H2,1-2H3,(H,18,19);1H. The number of amides is 1. The van der Waals surface area contributed by atoms with Gasteiger partial charge in [0.15, 0.2) is 11.5 Å². The van der Waals surface area contributed by atoms with Gasteiger partial charge in [-0.25, -0.2) is 0 Å². The average molecular weight is 329 g/mol. The number of carbonyl (C=O) groups excluding carboxylic acids is 1. The molecule has 1 amide bonds. The first-order valence-electron chi connectivity index (χ1n) is 7.63. The van der Waals surface area contributed by atoms with E-state index < -0.39 is 0 Å². The van der Waals surface area contributed by atoms with Crippen LogP contribution in [0.25, 0.3) is 0 Å². The maximum absolute atomic E-state index is 12.2. The molecule has 1 aliphatic rings. The van der Waals surface area contributed by atoms with Gasteiger partial charge in [-0.2, -0.15) is 0 Å². The molecule has 0 saturated heterocycles. The van der Waals surface area contributed by atoms with Gasteiger partial charge in [0.25, 0.3) is 0 Å². The Labute approximate surface area is 138 Å². The molecule has 0 saturated carbocycles. The lowest BCUT2D eigenvalue weighted by Crippen LogP contribution is -2.17. The molecule has 0 bridgehead atoms. The highest BCUT2D eigenvalue weighted by atomic mass is 35.5. The summed E-state index contributed by atoms with van der Waals surface area (Å²) in [5.41, 5.74) is 7.02. The van der Waals surface area contributed by atoms with E-state index in [9.17, 15) is 4.79 Å². The minimum Gasteiger partial charge on any atom is -0.454 e. The van der Waals surface area contributed by atoms with E-state index in [2.05, 4.69) is 19.2 Å². The number of hydrogen-bond acceptors (Lipinski definition) is 4. The predicted molar refractivity (Wildman–Crippen MR) is 90.8 cm³/mol. The number of anilines is 2. The van der Waals surface area contributed by atoms with Crippen LogP contribution in [0.4, 0.5) is 11.4 Å². The van der Waals surface area contributed by atoms with Gasteiger partial charge in [0.1, 0.15) is 0 Å². The molecule has 0 spiro atoms. The first kappa shape index (κ1) is 18.4. The SMILES string of the molecule is CCCCC(CC)CC(=O)Nc1cc2c(cc1N)OCO2.Cl. The number of hydrogen-bond donors (Lipinski definition) is 2. The van der Waals surface area contributed by atoms with E-state index in [4.69, 9.17) is 15.2 Å². The van der Waals surface area contributed by atoms with Gasteiger partial charge in [-0.3, -0.25) is 4.79 Å². The molecule has 124 valence electrons. The lowest BCUT2D eigenvalue weighted by Gasteiger charge is -2.15. The Morgan fingerprint density at radius 2 is 2.00 bits per heavy atom. The molecule has 1 atom stereocenters. The smallest absolute Gasteiger partial charge is 0.231 e. The summed E-state index contributed by atoms with van der Waals surface area (Å²) in [4.78, 5) is 12.2. The van der Waals surface area contributed by atoms with Crippen molar-refractivity contribution in [3.63, 3.8) is 0 Å². The largest absolute Gasteiger partial charge is 0.454 e. The second-order valence-electron chi connectivity index (χ2n) is 5.46. The summed E-state index contributed by atoms with van der Waals surface area (Å²) in [6.07, 6.45) is 4.97. The molecule has 0 fully saturated rings. The van der Waals surface area contributed by atoms with Crippen molar-refractivity contribution in [2.45, 2.75) is 46.0 Å². The van der Waals surface area contributed by atoms with Gasteiger partial charge in [0.05, 0.1) is 11.4 Å². The molecule has 1 aromatic rings. The molecule has 3 N–H and O–H groups in total. The highest BCUT2D eigenvalue weighted by molar-refractivity contribution is 5.94. The van der Waals surface area contributed by atoms with Gasteiger partial charge in [0.2, 0.25) is 12.7 Å². The number of benzene rings is 1. The molecule has 0 aromatic heterocycles. The van der Waals surface area contributed by atoms with Crippen molar-refractivity contribution in [1.29, 1.82) is 0 Å². The fourth-order valence-electron chi connectivity index (χ4n) is 2.47. The van der Waals surface area contributed by atoms with Crippen LogP contribution in [0, 0.1) is 5.92 Å². The second kappa shape index (κ2) is 8.73. The van der Waals surface area contributed by atoms with Crippen molar-refractivity contribution >= 4 is 29.7 Å². The third-order valence-corrected chi connectivity index (χ3v) is 3.84. The number of carbonyl (C=O) groups is 1. The number of nitrogen functional groups attached to an aromatic ring is 1. The summed E-state index contributed by atoms with van der Waals surface area (Å²) in [6.45, 7) is 4.49. The van der Waals surface area contributed by atoms with Crippen LogP contribution in [0.2, 0.25) is 0 Å². The number of fused-ring (bicyclic) bond motifs is 1. The third-order valence-electron chi connectivity index (χ3n) is 3.84. The topological polar surface area (TPSA) is 73.6 Å². The van der Waals surface area contributed by atoms with E-state index in [-0.39, 0.29) is 25.1 Å². The maximum atomic E-state index is 12.2. The molecule has 1 heterocycles. The van der Waals surface area contributed by atoms with Crippen molar-refractivity contribution in [3.8, 4) is 11.5 Å². The Morgan fingerprint density at radius 1 is 1.32 bits per heavy atom. The highest BCUT2D eigenvalue weighted by Gasteiger charge is 2.18. The Balaban J connectivity index is 0.00000242. The minimum absolute atomic E-state index is 0. The fraction of sp³-hybridized carbons (Fsp3) is 0.562. The molecule has 2 rings (SSSR count). The lowest BCUT2D eigenvalue weighted by atomic mass is 9.95. The number of unbranched alkanes of at least 4 members (excludes halogenated alkanes) is 1. The first-order valence-corrected chi connectivity index (χ1v) is 7.63. The molecule has 6 heteroatoms. The highest BCUT2D eigenvalue weighted by Crippen LogP contribution is 2.38. The number of ether oxygens (including phenoxy) is 2. The Kier molecular flexibility index (Phi) is 7.32. The molecule has 1 unspecified atom stereocenters. The van der Waals surface area contributed by atoms with Crippen LogP contribution in [-0.4, -0.2) is 12.7 Å². The predicted octanol–water partition coefficient (Wildman–Crippen LogP) is 3.96. The Morgan fingerprint density at radius 3 is 2.64 bits per heavy atom. The van der Waals surface area contributed by atoms with E-state index in [1.807, 2.05) is 0 Å². The van der Waals surface area contributed by atoms with Gasteiger partial charge in [0, 0.05) is 18.6 Å². The van der Waals surface area contributed by atoms with Crippen molar-refractivity contribution in [2.24, 2.45) is 5.92 Å². The quantitative estimate of drug-likeness (QED) is 0.743. The summed E-state index contributed by atoms with van der Waals surface area (Å²) in [6, 6.07) is 3.41. The minimum atomic E-state index is 0. The van der Waals surface area contributed by atoms with Crippen LogP contribution >= 0.6 is 12.4 Å². The summed E-state index contributed by atoms with van der Waals surface area (Å²) in [5.74, 6) is 1.68. The van der Waals surface area contributed by atoms with Crippen molar-refractivity contribution < 1.29 is 14.3 Å². The normalized spacial score (nSPS) is 13.4. The second-order valence-corrected chi connectivity index (χ2v) is 5.46. The number of halogens is 1. The molecule has 1 aromatic carbocycles. The van der Waals surface area contributed by atoms with Gasteiger partial charge < -0.3 is 20.5 Å². The summed E-state index contributed by atoms with van der Waals surface area (Å²) in [7, 11) is 0. The van der Waals surface area contributed by atoms with Gasteiger partial charge >= 0.3 is 0 Å². The van der Waals surface area contributed by atoms with E-state index >= 15 is 0 Å². The molecule has 0 aliphatic carbocycles. The Hall–Kier alpha value is -1.62.